The van der Waals surface area contributed by atoms with Crippen LogP contribution in [0.25, 0.3) is 0 Å². The smallest absolute Gasteiger partial charge is 0.305 e. The molecule has 4 heterocycles. The quantitative estimate of drug-likeness (QED) is 0.486. The number of rotatable bonds is 5. The van der Waals surface area contributed by atoms with E-state index < -0.39 is 11.9 Å². The number of hydrogen-bond acceptors (Lipinski definition) is 8. The summed E-state index contributed by atoms with van der Waals surface area (Å²) >= 11 is 0. The van der Waals surface area contributed by atoms with E-state index >= 15 is 0 Å². The lowest BCUT2D eigenvalue weighted by atomic mass is 9.79. The maximum absolute atomic E-state index is 11.6. The minimum Gasteiger partial charge on any atom is -0.469 e. The molecule has 0 radical (unpaired) electrons. The average Bonchev–Trinajstić information content (AvgIpc) is 2.77. The number of hydrogen-bond donors (Lipinski definition) is 1. The van der Waals surface area contributed by atoms with Crippen molar-refractivity contribution >= 4 is 5.97 Å². The van der Waals surface area contributed by atoms with E-state index in [9.17, 15) is 9.90 Å². The second-order valence-corrected chi connectivity index (χ2v) is 10.6. The van der Waals surface area contributed by atoms with Gasteiger partial charge < -0.3 is 33.5 Å². The van der Waals surface area contributed by atoms with Gasteiger partial charge in [0, 0.05) is 25.2 Å². The lowest BCUT2D eigenvalue weighted by Gasteiger charge is -2.53. The largest absolute Gasteiger partial charge is 0.469 e. The molecule has 0 aromatic heterocycles. The van der Waals surface area contributed by atoms with Crippen LogP contribution in [0.4, 0.5) is 0 Å². The van der Waals surface area contributed by atoms with Gasteiger partial charge in [0.1, 0.15) is 6.10 Å². The van der Waals surface area contributed by atoms with Crippen molar-refractivity contribution in [2.75, 3.05) is 13.7 Å². The molecule has 10 atom stereocenters. The van der Waals surface area contributed by atoms with Gasteiger partial charge in [-0.2, -0.15) is 0 Å². The molecule has 0 aliphatic carbocycles. The third kappa shape index (κ3) is 5.46. The number of ether oxygens (including phenoxy) is 6. The zero-order valence-corrected chi connectivity index (χ0v) is 20.5. The SMILES string of the molecule is C=C1[C@H](C)C[C@H](CCC(=O)OC)O[C@@H]1CC1O[C@H]2C[C@H]3OC(C)(C)OC[C@H]3O[C@H]2[C@H](C)C1O. The Morgan fingerprint density at radius 1 is 1.15 bits per heavy atom. The third-order valence-corrected chi connectivity index (χ3v) is 7.76. The Balaban J connectivity index is 1.40. The highest BCUT2D eigenvalue weighted by Gasteiger charge is 2.52. The van der Waals surface area contributed by atoms with Crippen molar-refractivity contribution in [1.82, 2.24) is 0 Å². The van der Waals surface area contributed by atoms with Crippen LogP contribution in [-0.2, 0) is 33.2 Å². The van der Waals surface area contributed by atoms with Crippen LogP contribution in [0.2, 0.25) is 0 Å². The van der Waals surface area contributed by atoms with Crippen molar-refractivity contribution in [3.63, 3.8) is 0 Å². The maximum Gasteiger partial charge on any atom is 0.305 e. The molecule has 0 aromatic rings. The van der Waals surface area contributed by atoms with Gasteiger partial charge in [-0.3, -0.25) is 4.79 Å². The molecule has 8 heteroatoms. The zero-order valence-electron chi connectivity index (χ0n) is 20.5. The number of aliphatic hydroxyl groups is 1. The summed E-state index contributed by atoms with van der Waals surface area (Å²) in [5, 5.41) is 11.1. The Kier molecular flexibility index (Phi) is 7.53. The molecule has 2 unspecified atom stereocenters. The minimum absolute atomic E-state index is 0.0443. The Labute approximate surface area is 196 Å². The Hall–Kier alpha value is -1.03. The van der Waals surface area contributed by atoms with Crippen molar-refractivity contribution in [2.45, 2.75) is 114 Å². The standard InChI is InChI=1S/C25H40O8/c1-13-9-16(7-8-22(26)28-6)30-17(14(13)2)10-19-23(27)15(3)24-20(31-19)11-18-21(32-24)12-29-25(4,5)33-18/h13,15-21,23-24,27H,2,7-12H2,1,3-6H3/t13-,15-,16+,17-,18-,19?,20+,21-,23?,24+/m1/s1. The van der Waals surface area contributed by atoms with Gasteiger partial charge in [0.25, 0.3) is 0 Å². The molecule has 4 saturated heterocycles. The summed E-state index contributed by atoms with van der Waals surface area (Å²) in [6.45, 7) is 12.7. The van der Waals surface area contributed by atoms with Crippen LogP contribution in [0.1, 0.15) is 59.8 Å². The predicted molar refractivity (Wildman–Crippen MR) is 119 cm³/mol. The molecule has 8 nitrogen and oxygen atoms in total. The van der Waals surface area contributed by atoms with Gasteiger partial charge >= 0.3 is 5.97 Å². The predicted octanol–water partition coefficient (Wildman–Crippen LogP) is 2.75. The minimum atomic E-state index is -0.674. The van der Waals surface area contributed by atoms with Crippen LogP contribution in [0.15, 0.2) is 12.2 Å². The summed E-state index contributed by atoms with van der Waals surface area (Å²) < 4.78 is 35.7. The van der Waals surface area contributed by atoms with Gasteiger partial charge in [0.05, 0.1) is 56.4 Å². The lowest BCUT2D eigenvalue weighted by molar-refractivity contribution is -0.355. The molecule has 0 bridgehead atoms. The molecule has 4 fully saturated rings. The van der Waals surface area contributed by atoms with Crippen LogP contribution in [0.3, 0.4) is 0 Å². The summed E-state index contributed by atoms with van der Waals surface area (Å²) in [7, 11) is 1.40. The number of carbonyl (C=O) groups is 1. The van der Waals surface area contributed by atoms with E-state index in [2.05, 4.69) is 13.5 Å². The summed E-state index contributed by atoms with van der Waals surface area (Å²) in [6.07, 6.45) is 1.07. The van der Waals surface area contributed by atoms with E-state index in [1.165, 1.54) is 7.11 Å². The van der Waals surface area contributed by atoms with Gasteiger partial charge in [-0.25, -0.2) is 0 Å². The zero-order chi connectivity index (χ0) is 23.9. The monoisotopic (exact) mass is 468 g/mol. The number of methoxy groups -OCH3 is 1. The molecular formula is C25H40O8. The second-order valence-electron chi connectivity index (χ2n) is 10.6. The Morgan fingerprint density at radius 3 is 2.64 bits per heavy atom. The first-order valence-corrected chi connectivity index (χ1v) is 12.3. The molecule has 4 aliphatic heterocycles. The molecule has 4 rings (SSSR count). The van der Waals surface area contributed by atoms with Gasteiger partial charge in [-0.05, 0) is 38.2 Å². The summed E-state index contributed by atoms with van der Waals surface area (Å²) in [6, 6.07) is 0. The fourth-order valence-corrected chi connectivity index (χ4v) is 5.70. The first-order valence-electron chi connectivity index (χ1n) is 12.3. The molecule has 0 saturated carbocycles. The lowest BCUT2D eigenvalue weighted by Crippen LogP contribution is -2.63. The fourth-order valence-electron chi connectivity index (χ4n) is 5.70. The van der Waals surface area contributed by atoms with Crippen molar-refractivity contribution in [3.05, 3.63) is 12.2 Å². The topological polar surface area (TPSA) is 92.7 Å². The first-order chi connectivity index (χ1) is 15.6. The van der Waals surface area contributed by atoms with Gasteiger partial charge in [-0.15, -0.1) is 0 Å². The first kappa shape index (κ1) is 25.1. The van der Waals surface area contributed by atoms with Crippen molar-refractivity contribution < 1.29 is 38.3 Å². The van der Waals surface area contributed by atoms with Crippen LogP contribution in [-0.4, -0.2) is 79.4 Å². The molecule has 33 heavy (non-hydrogen) atoms. The van der Waals surface area contributed by atoms with E-state index in [4.69, 9.17) is 28.4 Å². The number of fused-ring (bicyclic) bond motifs is 2. The van der Waals surface area contributed by atoms with Gasteiger partial charge in [-0.1, -0.05) is 20.4 Å². The average molecular weight is 469 g/mol. The number of esters is 1. The van der Waals surface area contributed by atoms with Crippen LogP contribution in [0, 0.1) is 11.8 Å². The molecule has 0 aromatic carbocycles. The third-order valence-electron chi connectivity index (χ3n) is 7.76. The normalized spacial score (nSPS) is 45.1. The number of aliphatic hydroxyl groups excluding tert-OH is 1. The summed E-state index contributed by atoms with van der Waals surface area (Å²) in [4.78, 5) is 11.6. The van der Waals surface area contributed by atoms with Gasteiger partial charge in [0.15, 0.2) is 5.79 Å². The van der Waals surface area contributed by atoms with Crippen molar-refractivity contribution in [1.29, 1.82) is 0 Å². The van der Waals surface area contributed by atoms with Crippen LogP contribution in [0.5, 0.6) is 0 Å². The molecular weight excluding hydrogens is 428 g/mol. The molecule has 0 spiro atoms. The van der Waals surface area contributed by atoms with Crippen LogP contribution < -0.4 is 0 Å². The van der Waals surface area contributed by atoms with Crippen LogP contribution >= 0.6 is 0 Å². The molecule has 0 amide bonds. The maximum atomic E-state index is 11.6. The Bertz CT molecular complexity index is 723. The second kappa shape index (κ2) is 9.91. The molecule has 4 aliphatic rings. The fraction of sp³-hybridized carbons (Fsp3) is 0.880. The van der Waals surface area contributed by atoms with E-state index in [-0.39, 0.29) is 60.5 Å². The van der Waals surface area contributed by atoms with Crippen molar-refractivity contribution in [3.8, 4) is 0 Å². The van der Waals surface area contributed by atoms with Gasteiger partial charge in [0.2, 0.25) is 0 Å². The molecule has 188 valence electrons. The van der Waals surface area contributed by atoms with E-state index in [0.717, 1.165) is 12.0 Å². The summed E-state index contributed by atoms with van der Waals surface area (Å²) in [5.74, 6) is -0.685. The Morgan fingerprint density at radius 2 is 1.91 bits per heavy atom. The van der Waals surface area contributed by atoms with E-state index in [1.54, 1.807) is 0 Å². The molecule has 1 N–H and O–H groups in total. The summed E-state index contributed by atoms with van der Waals surface area (Å²) in [5.41, 5.74) is 1.02. The highest BCUT2D eigenvalue weighted by atomic mass is 16.7. The highest BCUT2D eigenvalue weighted by molar-refractivity contribution is 5.69. The van der Waals surface area contributed by atoms with Crippen molar-refractivity contribution in [2.24, 2.45) is 11.8 Å². The number of carbonyl (C=O) groups excluding carboxylic acids is 1. The highest BCUT2D eigenvalue weighted by Crippen LogP contribution is 2.42. The van der Waals surface area contributed by atoms with E-state index in [1.807, 2.05) is 20.8 Å². The van der Waals surface area contributed by atoms with E-state index in [0.29, 0.717) is 32.3 Å².